The summed E-state index contributed by atoms with van der Waals surface area (Å²) in [5.74, 6) is -0.104. The number of aliphatic hydroxyl groups excluding tert-OH is 1. The number of likely N-dealkylation sites (tertiary alicyclic amines) is 1. The molecule has 1 aliphatic heterocycles. The summed E-state index contributed by atoms with van der Waals surface area (Å²) >= 11 is 0. The lowest BCUT2D eigenvalue weighted by Crippen LogP contribution is -2.36. The molecule has 6 heteroatoms. The molecule has 0 saturated carbocycles. The minimum absolute atomic E-state index is 0.00656. The highest BCUT2D eigenvalue weighted by molar-refractivity contribution is 5.97. The monoisotopic (exact) mass is 334 g/mol. The number of nitrogens with zero attached hydrogens (tertiary/aromatic N) is 1. The molecule has 0 aromatic heterocycles. The summed E-state index contributed by atoms with van der Waals surface area (Å²) in [6, 6.07) is 9.07. The van der Waals surface area contributed by atoms with Gasteiger partial charge in [0.05, 0.1) is 19.2 Å². The van der Waals surface area contributed by atoms with Crippen molar-refractivity contribution in [2.75, 3.05) is 26.2 Å². The number of carbonyl (C=O) groups excluding carboxylic acids is 2. The van der Waals surface area contributed by atoms with Crippen molar-refractivity contribution >= 4 is 11.9 Å². The first-order valence-electron chi connectivity index (χ1n) is 8.21. The van der Waals surface area contributed by atoms with Crippen LogP contribution >= 0.6 is 0 Å². The molecule has 1 amide bonds. The van der Waals surface area contributed by atoms with Gasteiger partial charge in [0.15, 0.2) is 5.78 Å². The summed E-state index contributed by atoms with van der Waals surface area (Å²) in [6.45, 7) is 6.79. The number of ketones is 1. The van der Waals surface area contributed by atoms with E-state index in [4.69, 9.17) is 4.74 Å². The summed E-state index contributed by atoms with van der Waals surface area (Å²) in [6.07, 6.45) is -1.03. The van der Waals surface area contributed by atoms with Crippen LogP contribution in [0.5, 0.6) is 0 Å². The largest absolute Gasteiger partial charge is 0.444 e. The molecule has 0 radical (unpaired) electrons. The SMILES string of the molecule is CC(C)(C)OC(=O)N1CC(O)C(CNCC(=O)c2ccccc2)C1. The molecule has 1 aromatic rings. The summed E-state index contributed by atoms with van der Waals surface area (Å²) in [7, 11) is 0. The number of benzene rings is 1. The van der Waals surface area contributed by atoms with Crippen molar-refractivity contribution in [2.45, 2.75) is 32.5 Å². The first kappa shape index (κ1) is 18.4. The highest BCUT2D eigenvalue weighted by Crippen LogP contribution is 2.19. The molecule has 132 valence electrons. The lowest BCUT2D eigenvalue weighted by Gasteiger charge is -2.24. The lowest BCUT2D eigenvalue weighted by molar-refractivity contribution is 0.0269. The molecule has 0 spiro atoms. The van der Waals surface area contributed by atoms with Gasteiger partial charge < -0.3 is 20.1 Å². The molecule has 0 aliphatic carbocycles. The average molecular weight is 334 g/mol. The highest BCUT2D eigenvalue weighted by Gasteiger charge is 2.35. The summed E-state index contributed by atoms with van der Waals surface area (Å²) in [5.41, 5.74) is 0.105. The van der Waals surface area contributed by atoms with Gasteiger partial charge in [-0.3, -0.25) is 4.79 Å². The van der Waals surface area contributed by atoms with Crippen molar-refractivity contribution in [2.24, 2.45) is 5.92 Å². The number of hydrogen-bond donors (Lipinski definition) is 2. The van der Waals surface area contributed by atoms with Crippen LogP contribution in [0.1, 0.15) is 31.1 Å². The quantitative estimate of drug-likeness (QED) is 0.801. The third-order valence-corrected chi connectivity index (χ3v) is 3.85. The number of carbonyl (C=O) groups is 2. The first-order valence-corrected chi connectivity index (χ1v) is 8.21. The lowest BCUT2D eigenvalue weighted by atomic mass is 10.1. The van der Waals surface area contributed by atoms with Crippen molar-refractivity contribution in [3.8, 4) is 0 Å². The minimum atomic E-state index is -0.614. The second-order valence-corrected chi connectivity index (χ2v) is 7.13. The molecule has 1 aromatic carbocycles. The van der Waals surface area contributed by atoms with Crippen molar-refractivity contribution in [1.29, 1.82) is 0 Å². The van der Waals surface area contributed by atoms with Crippen LogP contribution in [-0.2, 0) is 4.74 Å². The average Bonchev–Trinajstić information content (AvgIpc) is 2.88. The zero-order chi connectivity index (χ0) is 17.7. The van der Waals surface area contributed by atoms with Crippen LogP contribution in [0.2, 0.25) is 0 Å². The van der Waals surface area contributed by atoms with Gasteiger partial charge in [-0.2, -0.15) is 0 Å². The first-order chi connectivity index (χ1) is 11.3. The van der Waals surface area contributed by atoms with Crippen molar-refractivity contribution < 1.29 is 19.4 Å². The third-order valence-electron chi connectivity index (χ3n) is 3.85. The number of aliphatic hydroxyl groups is 1. The van der Waals surface area contributed by atoms with E-state index in [9.17, 15) is 14.7 Å². The van der Waals surface area contributed by atoms with E-state index in [-0.39, 0.29) is 24.8 Å². The number of β-amino-alcohol motifs (C(OH)–C–C–N with tert-alkyl or cyclic N) is 1. The minimum Gasteiger partial charge on any atom is -0.444 e. The van der Waals surface area contributed by atoms with Crippen LogP contribution in [-0.4, -0.2) is 59.8 Å². The molecular weight excluding hydrogens is 308 g/mol. The van der Waals surface area contributed by atoms with Crippen LogP contribution < -0.4 is 5.32 Å². The maximum Gasteiger partial charge on any atom is 0.410 e. The van der Waals surface area contributed by atoms with Crippen LogP contribution in [0.15, 0.2) is 30.3 Å². The van der Waals surface area contributed by atoms with Crippen LogP contribution in [0.3, 0.4) is 0 Å². The maximum absolute atomic E-state index is 12.0. The number of Topliss-reactive ketones (excluding diaryl/α,β-unsaturated/α-hetero) is 1. The van der Waals surface area contributed by atoms with Gasteiger partial charge in [-0.25, -0.2) is 4.79 Å². The Morgan fingerprint density at radius 2 is 1.92 bits per heavy atom. The standard InChI is InChI=1S/C18H26N2O4/c1-18(2,3)24-17(23)20-11-14(16(22)12-20)9-19-10-15(21)13-7-5-4-6-8-13/h4-8,14,16,19,22H,9-12H2,1-3H3. The molecule has 1 heterocycles. The Bertz CT molecular complexity index is 568. The van der Waals surface area contributed by atoms with E-state index in [1.165, 1.54) is 4.90 Å². The van der Waals surface area contributed by atoms with Crippen LogP contribution in [0.4, 0.5) is 4.79 Å². The maximum atomic E-state index is 12.0. The molecule has 24 heavy (non-hydrogen) atoms. The van der Waals surface area contributed by atoms with Gasteiger partial charge in [0.1, 0.15) is 5.60 Å². The second kappa shape index (κ2) is 7.77. The highest BCUT2D eigenvalue weighted by atomic mass is 16.6. The molecular formula is C18H26N2O4. The van der Waals surface area contributed by atoms with E-state index in [1.54, 1.807) is 12.1 Å². The van der Waals surface area contributed by atoms with Gasteiger partial charge in [-0.1, -0.05) is 30.3 Å². The molecule has 2 atom stereocenters. The Labute approximate surface area is 142 Å². The van der Waals surface area contributed by atoms with Gasteiger partial charge in [-0.15, -0.1) is 0 Å². The Morgan fingerprint density at radius 3 is 2.54 bits per heavy atom. The summed E-state index contributed by atoms with van der Waals surface area (Å²) in [4.78, 5) is 25.6. The second-order valence-electron chi connectivity index (χ2n) is 7.13. The Balaban J connectivity index is 1.77. The number of hydrogen-bond acceptors (Lipinski definition) is 5. The topological polar surface area (TPSA) is 78.9 Å². The van der Waals surface area contributed by atoms with E-state index in [0.29, 0.717) is 18.7 Å². The van der Waals surface area contributed by atoms with E-state index >= 15 is 0 Å². The molecule has 1 aliphatic rings. The fourth-order valence-electron chi connectivity index (χ4n) is 2.63. The molecule has 0 bridgehead atoms. The predicted octanol–water partition coefficient (Wildman–Crippen LogP) is 1.69. The molecule has 2 N–H and O–H groups in total. The van der Waals surface area contributed by atoms with Crippen LogP contribution in [0, 0.1) is 5.92 Å². The molecule has 6 nitrogen and oxygen atoms in total. The van der Waals surface area contributed by atoms with Gasteiger partial charge in [0, 0.05) is 24.6 Å². The van der Waals surface area contributed by atoms with E-state index in [2.05, 4.69) is 5.32 Å². The van der Waals surface area contributed by atoms with E-state index in [0.717, 1.165) is 0 Å². The summed E-state index contributed by atoms with van der Waals surface area (Å²) < 4.78 is 5.32. The van der Waals surface area contributed by atoms with E-state index < -0.39 is 17.8 Å². The van der Waals surface area contributed by atoms with Gasteiger partial charge in [0.25, 0.3) is 0 Å². The zero-order valence-electron chi connectivity index (χ0n) is 14.5. The summed E-state index contributed by atoms with van der Waals surface area (Å²) in [5, 5.41) is 13.2. The van der Waals surface area contributed by atoms with Crippen molar-refractivity contribution in [1.82, 2.24) is 10.2 Å². The molecule has 2 unspecified atom stereocenters. The van der Waals surface area contributed by atoms with E-state index in [1.807, 2.05) is 39.0 Å². The van der Waals surface area contributed by atoms with Gasteiger partial charge >= 0.3 is 6.09 Å². The molecule has 2 rings (SSSR count). The van der Waals surface area contributed by atoms with Crippen molar-refractivity contribution in [3.63, 3.8) is 0 Å². The fraction of sp³-hybridized carbons (Fsp3) is 0.556. The number of nitrogens with one attached hydrogen (secondary N) is 1. The number of rotatable bonds is 5. The van der Waals surface area contributed by atoms with Crippen LogP contribution in [0.25, 0.3) is 0 Å². The smallest absolute Gasteiger partial charge is 0.410 e. The molecule has 1 fully saturated rings. The van der Waals surface area contributed by atoms with Gasteiger partial charge in [0.2, 0.25) is 0 Å². The Kier molecular flexibility index (Phi) is 5.96. The Hall–Kier alpha value is -1.92. The normalized spacial score (nSPS) is 20.9. The number of amides is 1. The third kappa shape index (κ3) is 5.32. The zero-order valence-corrected chi connectivity index (χ0v) is 14.5. The van der Waals surface area contributed by atoms with Gasteiger partial charge in [-0.05, 0) is 20.8 Å². The predicted molar refractivity (Wildman–Crippen MR) is 90.9 cm³/mol. The number of ether oxygens (including phenoxy) is 1. The Morgan fingerprint density at radius 1 is 1.25 bits per heavy atom. The van der Waals surface area contributed by atoms with Crippen molar-refractivity contribution in [3.05, 3.63) is 35.9 Å². The molecule has 1 saturated heterocycles. The fourth-order valence-corrected chi connectivity index (χ4v) is 2.63.